The number of non-ortho nitro benzene ring substituents is 1. The predicted molar refractivity (Wildman–Crippen MR) is 117 cm³/mol. The third-order valence-corrected chi connectivity index (χ3v) is 15.0. The van der Waals surface area contributed by atoms with Crippen molar-refractivity contribution in [2.75, 3.05) is 0 Å². The number of hydrogen-bond donors (Lipinski definition) is 0. The summed E-state index contributed by atoms with van der Waals surface area (Å²) in [4.78, 5) is 11.0. The van der Waals surface area contributed by atoms with Crippen molar-refractivity contribution in [2.45, 2.75) is 91.0 Å². The van der Waals surface area contributed by atoms with Gasteiger partial charge in [-0.3, -0.25) is 10.1 Å². The zero-order chi connectivity index (χ0) is 21.3. The van der Waals surface area contributed by atoms with Gasteiger partial charge in [-0.05, 0) is 47.4 Å². The van der Waals surface area contributed by atoms with Crippen LogP contribution in [0, 0.1) is 10.1 Å². The Bertz CT molecular complexity index is 625. The second-order valence-electron chi connectivity index (χ2n) is 10.4. The fourth-order valence-corrected chi connectivity index (χ4v) is 3.90. The van der Waals surface area contributed by atoms with E-state index in [0.717, 1.165) is 11.1 Å². The van der Waals surface area contributed by atoms with Crippen LogP contribution in [0.1, 0.15) is 52.7 Å². The van der Waals surface area contributed by atoms with E-state index < -0.39 is 16.6 Å². The fraction of sp³-hybridized carbons (Fsp3) is 0.700. The minimum atomic E-state index is -1.92. The summed E-state index contributed by atoms with van der Waals surface area (Å²) in [5.74, 6) is 0. The Labute approximate surface area is 166 Å². The topological polar surface area (TPSA) is 61.6 Å². The minimum Gasteiger partial charge on any atom is -0.413 e. The quantitative estimate of drug-likeness (QED) is 0.287. The molecule has 0 saturated heterocycles. The Morgan fingerprint density at radius 2 is 1.15 bits per heavy atom. The Hall–Kier alpha value is -1.03. The average Bonchev–Trinajstić information content (AvgIpc) is 2.48. The lowest BCUT2D eigenvalue weighted by atomic mass is 10.1. The molecule has 1 rings (SSSR count). The molecule has 0 unspecified atom stereocenters. The minimum absolute atomic E-state index is 0.0974. The molecule has 27 heavy (non-hydrogen) atoms. The van der Waals surface area contributed by atoms with Crippen LogP contribution in [0.4, 0.5) is 5.69 Å². The molecule has 1 aromatic rings. The highest BCUT2D eigenvalue weighted by molar-refractivity contribution is 6.74. The lowest BCUT2D eigenvalue weighted by Crippen LogP contribution is -2.40. The summed E-state index contributed by atoms with van der Waals surface area (Å²) in [5.41, 5.74) is 1.77. The van der Waals surface area contributed by atoms with E-state index in [1.165, 1.54) is 0 Å². The molecule has 154 valence electrons. The Morgan fingerprint density at radius 1 is 0.815 bits per heavy atom. The maximum atomic E-state index is 11.4. The monoisotopic (exact) mass is 411 g/mol. The van der Waals surface area contributed by atoms with E-state index in [4.69, 9.17) is 8.85 Å². The molecular formula is C20H37NO4Si2. The maximum absolute atomic E-state index is 11.4. The molecule has 0 radical (unpaired) electrons. The summed E-state index contributed by atoms with van der Waals surface area (Å²) in [6.07, 6.45) is 0. The van der Waals surface area contributed by atoms with Crippen molar-refractivity contribution in [3.8, 4) is 0 Å². The molecule has 5 nitrogen and oxygen atoms in total. The standard InChI is InChI=1S/C20H37NO4Si2/c1-19(2,3)26(7,8)24-14-16-11-17(13-18(12-16)21(22)23)15-25-27(9,10)20(4,5)6/h11-13H,14-15H2,1-10H3. The third kappa shape index (κ3) is 6.52. The van der Waals surface area contributed by atoms with E-state index >= 15 is 0 Å². The highest BCUT2D eigenvalue weighted by Crippen LogP contribution is 2.38. The lowest BCUT2D eigenvalue weighted by molar-refractivity contribution is -0.385. The highest BCUT2D eigenvalue weighted by Gasteiger charge is 2.38. The smallest absolute Gasteiger partial charge is 0.270 e. The van der Waals surface area contributed by atoms with Gasteiger partial charge in [0, 0.05) is 12.1 Å². The van der Waals surface area contributed by atoms with Gasteiger partial charge in [-0.25, -0.2) is 0 Å². The van der Waals surface area contributed by atoms with Gasteiger partial charge in [0.15, 0.2) is 16.6 Å². The van der Waals surface area contributed by atoms with Gasteiger partial charge in [-0.2, -0.15) is 0 Å². The molecule has 0 bridgehead atoms. The number of nitrogens with zero attached hydrogens (tertiary/aromatic N) is 1. The van der Waals surface area contributed by atoms with Crippen LogP contribution < -0.4 is 0 Å². The molecule has 0 N–H and O–H groups in total. The van der Waals surface area contributed by atoms with Gasteiger partial charge in [-0.1, -0.05) is 47.6 Å². The first kappa shape index (κ1) is 24.0. The number of nitro groups is 1. The number of hydrogen-bond acceptors (Lipinski definition) is 4. The molecule has 0 aliphatic rings. The van der Waals surface area contributed by atoms with E-state index in [2.05, 4.69) is 67.7 Å². The maximum Gasteiger partial charge on any atom is 0.270 e. The van der Waals surface area contributed by atoms with Crippen LogP contribution in [0.15, 0.2) is 18.2 Å². The molecule has 0 heterocycles. The van der Waals surface area contributed by atoms with E-state index in [0.29, 0.717) is 13.2 Å². The fourth-order valence-electron chi connectivity index (χ4n) is 1.98. The molecule has 0 atom stereocenters. The molecule has 0 aliphatic heterocycles. The van der Waals surface area contributed by atoms with E-state index in [1.54, 1.807) is 12.1 Å². The lowest BCUT2D eigenvalue weighted by Gasteiger charge is -2.36. The van der Waals surface area contributed by atoms with Crippen molar-refractivity contribution in [1.29, 1.82) is 0 Å². The van der Waals surface area contributed by atoms with Crippen LogP contribution in [0.5, 0.6) is 0 Å². The summed E-state index contributed by atoms with van der Waals surface area (Å²) < 4.78 is 12.5. The van der Waals surface area contributed by atoms with Gasteiger partial charge in [0.05, 0.1) is 18.1 Å². The molecular weight excluding hydrogens is 374 g/mol. The van der Waals surface area contributed by atoms with Crippen LogP contribution in [0.2, 0.25) is 36.3 Å². The summed E-state index contributed by atoms with van der Waals surface area (Å²) in [6.45, 7) is 22.6. The summed E-state index contributed by atoms with van der Waals surface area (Å²) in [6, 6.07) is 5.21. The van der Waals surface area contributed by atoms with Crippen molar-refractivity contribution in [3.05, 3.63) is 39.4 Å². The van der Waals surface area contributed by atoms with E-state index in [-0.39, 0.29) is 20.7 Å². The van der Waals surface area contributed by atoms with Crippen LogP contribution in [-0.4, -0.2) is 21.6 Å². The zero-order valence-electron chi connectivity index (χ0n) is 18.7. The van der Waals surface area contributed by atoms with Crippen molar-refractivity contribution >= 4 is 22.3 Å². The predicted octanol–water partition coefficient (Wildman–Crippen LogP) is 6.64. The highest BCUT2D eigenvalue weighted by atomic mass is 28.4. The Kier molecular flexibility index (Phi) is 7.25. The first-order valence-electron chi connectivity index (χ1n) is 9.51. The SMILES string of the molecule is CC(C)(C)[Si](C)(C)OCc1cc(CO[Si](C)(C)C(C)(C)C)cc([N+](=O)[O-])c1. The van der Waals surface area contributed by atoms with E-state index in [1.807, 2.05) is 6.07 Å². The van der Waals surface area contributed by atoms with Gasteiger partial charge in [0.25, 0.3) is 5.69 Å². The van der Waals surface area contributed by atoms with Gasteiger partial charge < -0.3 is 8.85 Å². The summed E-state index contributed by atoms with van der Waals surface area (Å²) >= 11 is 0. The Balaban J connectivity index is 3.03. The van der Waals surface area contributed by atoms with Gasteiger partial charge >= 0.3 is 0 Å². The molecule has 0 aromatic heterocycles. The van der Waals surface area contributed by atoms with E-state index in [9.17, 15) is 10.1 Å². The number of rotatable bonds is 7. The molecule has 0 amide bonds. The second-order valence-corrected chi connectivity index (χ2v) is 20.0. The third-order valence-electron chi connectivity index (χ3n) is 6.06. The number of benzene rings is 1. The van der Waals surface area contributed by atoms with Crippen LogP contribution >= 0.6 is 0 Å². The second kappa shape index (κ2) is 8.15. The number of nitro benzene ring substituents is 1. The largest absolute Gasteiger partial charge is 0.413 e. The zero-order valence-corrected chi connectivity index (χ0v) is 20.7. The van der Waals surface area contributed by atoms with Crippen molar-refractivity contribution in [3.63, 3.8) is 0 Å². The van der Waals surface area contributed by atoms with Gasteiger partial charge in [0.1, 0.15) is 0 Å². The molecule has 0 spiro atoms. The van der Waals surface area contributed by atoms with Gasteiger partial charge in [-0.15, -0.1) is 0 Å². The Morgan fingerprint density at radius 3 is 1.41 bits per heavy atom. The first-order chi connectivity index (χ1) is 12.0. The molecule has 1 aromatic carbocycles. The summed E-state index contributed by atoms with van der Waals surface area (Å²) in [5, 5.41) is 11.6. The average molecular weight is 412 g/mol. The van der Waals surface area contributed by atoms with Crippen LogP contribution in [0.3, 0.4) is 0 Å². The molecule has 0 aliphatic carbocycles. The van der Waals surface area contributed by atoms with Crippen LogP contribution in [0.25, 0.3) is 0 Å². The molecule has 0 fully saturated rings. The molecule has 0 saturated carbocycles. The van der Waals surface area contributed by atoms with Crippen molar-refractivity contribution in [2.24, 2.45) is 0 Å². The first-order valence-corrected chi connectivity index (χ1v) is 15.3. The summed E-state index contributed by atoms with van der Waals surface area (Å²) in [7, 11) is -3.83. The normalized spacial score (nSPS) is 13.7. The van der Waals surface area contributed by atoms with Crippen molar-refractivity contribution in [1.82, 2.24) is 0 Å². The molecule has 7 heteroatoms. The van der Waals surface area contributed by atoms with Crippen molar-refractivity contribution < 1.29 is 13.8 Å². The van der Waals surface area contributed by atoms with Crippen LogP contribution in [-0.2, 0) is 22.1 Å². The van der Waals surface area contributed by atoms with Gasteiger partial charge in [0.2, 0.25) is 0 Å².